The van der Waals surface area contributed by atoms with Crippen LogP contribution in [0.25, 0.3) is 0 Å². The number of aromatic nitrogens is 1. The van der Waals surface area contributed by atoms with Crippen molar-refractivity contribution in [3.63, 3.8) is 0 Å². The van der Waals surface area contributed by atoms with E-state index in [-0.39, 0.29) is 11.9 Å². The molecule has 0 spiro atoms. The topological polar surface area (TPSA) is 70.5 Å². The molecule has 17 heavy (non-hydrogen) atoms. The number of hydrogen-bond acceptors (Lipinski definition) is 4. The number of aliphatic carboxylic acids is 1. The SMILES string of the molecule is Cc1nscc1C(=O)N1CCC(C(=O)O)C1C. The predicted molar refractivity (Wildman–Crippen MR) is 63.1 cm³/mol. The van der Waals surface area contributed by atoms with Gasteiger partial charge in [-0.05, 0) is 31.8 Å². The third-order valence-electron chi connectivity index (χ3n) is 3.31. The Bertz CT molecular complexity index is 457. The number of nitrogens with zero attached hydrogens (tertiary/aromatic N) is 2. The van der Waals surface area contributed by atoms with E-state index in [2.05, 4.69) is 4.37 Å². The molecule has 2 heterocycles. The number of carbonyl (C=O) groups excluding carboxylic acids is 1. The summed E-state index contributed by atoms with van der Waals surface area (Å²) in [6, 6.07) is -0.251. The first kappa shape index (κ1) is 12.0. The van der Waals surface area contributed by atoms with E-state index in [1.165, 1.54) is 11.5 Å². The lowest BCUT2D eigenvalue weighted by Gasteiger charge is -2.22. The fourth-order valence-electron chi connectivity index (χ4n) is 2.21. The van der Waals surface area contributed by atoms with E-state index < -0.39 is 11.9 Å². The van der Waals surface area contributed by atoms with Gasteiger partial charge in [0.05, 0.1) is 17.2 Å². The highest BCUT2D eigenvalue weighted by Gasteiger charge is 2.38. The second-order valence-corrected chi connectivity index (χ2v) is 4.92. The smallest absolute Gasteiger partial charge is 0.308 e. The molecule has 2 atom stereocenters. The molecule has 1 amide bonds. The van der Waals surface area contributed by atoms with Gasteiger partial charge in [-0.1, -0.05) is 0 Å². The lowest BCUT2D eigenvalue weighted by molar-refractivity contribution is -0.142. The van der Waals surface area contributed by atoms with Gasteiger partial charge in [0.2, 0.25) is 0 Å². The van der Waals surface area contributed by atoms with Crippen molar-refractivity contribution in [2.24, 2.45) is 5.92 Å². The molecular weight excluding hydrogens is 240 g/mol. The van der Waals surface area contributed by atoms with Crippen LogP contribution in [0.4, 0.5) is 0 Å². The second-order valence-electron chi connectivity index (χ2n) is 4.29. The molecule has 0 bridgehead atoms. The molecule has 6 heteroatoms. The van der Waals surface area contributed by atoms with E-state index in [4.69, 9.17) is 5.11 Å². The average Bonchev–Trinajstić information content (AvgIpc) is 2.83. The summed E-state index contributed by atoms with van der Waals surface area (Å²) in [4.78, 5) is 24.8. The van der Waals surface area contributed by atoms with Gasteiger partial charge >= 0.3 is 5.97 Å². The Morgan fingerprint density at radius 3 is 2.76 bits per heavy atom. The van der Waals surface area contributed by atoms with Crippen molar-refractivity contribution in [2.45, 2.75) is 26.3 Å². The van der Waals surface area contributed by atoms with Gasteiger partial charge in [-0.3, -0.25) is 9.59 Å². The van der Waals surface area contributed by atoms with Crippen molar-refractivity contribution in [3.05, 3.63) is 16.6 Å². The Morgan fingerprint density at radius 2 is 2.29 bits per heavy atom. The number of carbonyl (C=O) groups is 2. The quantitative estimate of drug-likeness (QED) is 0.865. The molecule has 0 aliphatic carbocycles. The minimum Gasteiger partial charge on any atom is -0.481 e. The number of carboxylic acid groups (broad SMARTS) is 1. The maximum atomic E-state index is 12.2. The Balaban J connectivity index is 2.18. The van der Waals surface area contributed by atoms with Crippen LogP contribution in [0.15, 0.2) is 5.38 Å². The van der Waals surface area contributed by atoms with E-state index >= 15 is 0 Å². The summed E-state index contributed by atoms with van der Waals surface area (Å²) in [6.07, 6.45) is 0.527. The van der Waals surface area contributed by atoms with Crippen LogP contribution < -0.4 is 0 Å². The van der Waals surface area contributed by atoms with Crippen molar-refractivity contribution in [1.82, 2.24) is 9.27 Å². The van der Waals surface area contributed by atoms with Gasteiger partial charge in [-0.25, -0.2) is 0 Å². The Morgan fingerprint density at radius 1 is 1.59 bits per heavy atom. The van der Waals surface area contributed by atoms with Gasteiger partial charge in [0, 0.05) is 18.0 Å². The summed E-state index contributed by atoms with van der Waals surface area (Å²) in [5, 5.41) is 10.7. The minimum atomic E-state index is -0.826. The van der Waals surface area contributed by atoms with E-state index in [1.807, 2.05) is 0 Å². The molecule has 1 fully saturated rings. The molecule has 1 saturated heterocycles. The van der Waals surface area contributed by atoms with Crippen LogP contribution >= 0.6 is 11.5 Å². The average molecular weight is 254 g/mol. The van der Waals surface area contributed by atoms with Crippen LogP contribution in [0.3, 0.4) is 0 Å². The lowest BCUT2D eigenvalue weighted by atomic mass is 10.0. The number of amides is 1. The molecule has 1 aliphatic heterocycles. The zero-order chi connectivity index (χ0) is 12.6. The Kier molecular flexibility index (Phi) is 3.15. The van der Waals surface area contributed by atoms with E-state index in [1.54, 1.807) is 24.1 Å². The molecule has 1 aromatic heterocycles. The fraction of sp³-hybridized carbons (Fsp3) is 0.545. The van der Waals surface area contributed by atoms with Crippen LogP contribution in [0, 0.1) is 12.8 Å². The van der Waals surface area contributed by atoms with Crippen molar-refractivity contribution >= 4 is 23.4 Å². The second kappa shape index (κ2) is 4.44. The highest BCUT2D eigenvalue weighted by molar-refractivity contribution is 7.03. The molecule has 0 radical (unpaired) electrons. The van der Waals surface area contributed by atoms with Crippen molar-refractivity contribution in [2.75, 3.05) is 6.54 Å². The van der Waals surface area contributed by atoms with Gasteiger partial charge in [0.15, 0.2) is 0 Å². The zero-order valence-electron chi connectivity index (χ0n) is 9.71. The van der Waals surface area contributed by atoms with Gasteiger partial charge in [0.25, 0.3) is 5.91 Å². The molecule has 1 aliphatic rings. The first-order valence-corrected chi connectivity index (χ1v) is 6.30. The maximum Gasteiger partial charge on any atom is 0.308 e. The van der Waals surface area contributed by atoms with Gasteiger partial charge in [0.1, 0.15) is 0 Å². The molecule has 1 N–H and O–H groups in total. The van der Waals surface area contributed by atoms with Crippen LogP contribution in [0.2, 0.25) is 0 Å². The molecule has 1 aromatic rings. The van der Waals surface area contributed by atoms with Crippen LogP contribution in [0.1, 0.15) is 29.4 Å². The summed E-state index contributed by atoms with van der Waals surface area (Å²) in [5.74, 6) is -1.38. The lowest BCUT2D eigenvalue weighted by Crippen LogP contribution is -2.37. The van der Waals surface area contributed by atoms with Crippen LogP contribution in [-0.4, -0.2) is 38.8 Å². The molecule has 2 unspecified atom stereocenters. The number of aryl methyl sites for hydroxylation is 1. The third-order valence-corrected chi connectivity index (χ3v) is 4.03. The highest BCUT2D eigenvalue weighted by Crippen LogP contribution is 2.26. The van der Waals surface area contributed by atoms with Gasteiger partial charge in [-0.15, -0.1) is 0 Å². The van der Waals surface area contributed by atoms with E-state index in [9.17, 15) is 9.59 Å². The number of likely N-dealkylation sites (tertiary alicyclic amines) is 1. The van der Waals surface area contributed by atoms with Crippen molar-refractivity contribution < 1.29 is 14.7 Å². The normalized spacial score (nSPS) is 24.0. The standard InChI is InChI=1S/C11H14N2O3S/c1-6-9(5-17-12-6)10(14)13-4-3-8(7(13)2)11(15)16/h5,7-8H,3-4H2,1-2H3,(H,15,16). The molecular formula is C11H14N2O3S. The van der Waals surface area contributed by atoms with Crippen LogP contribution in [0.5, 0.6) is 0 Å². The summed E-state index contributed by atoms with van der Waals surface area (Å²) in [6.45, 7) is 4.09. The monoisotopic (exact) mass is 254 g/mol. The fourth-order valence-corrected chi connectivity index (χ4v) is 2.89. The number of rotatable bonds is 2. The molecule has 2 rings (SSSR count). The van der Waals surface area contributed by atoms with Gasteiger partial charge < -0.3 is 10.0 Å². The molecule has 0 aromatic carbocycles. The molecule has 5 nitrogen and oxygen atoms in total. The number of carboxylic acids is 1. The highest BCUT2D eigenvalue weighted by atomic mass is 32.1. The summed E-state index contributed by atoms with van der Waals surface area (Å²) < 4.78 is 4.07. The maximum absolute atomic E-state index is 12.2. The summed E-state index contributed by atoms with van der Waals surface area (Å²) >= 11 is 1.25. The summed E-state index contributed by atoms with van der Waals surface area (Å²) in [5.41, 5.74) is 1.30. The Hall–Kier alpha value is -1.43. The zero-order valence-corrected chi connectivity index (χ0v) is 10.5. The summed E-state index contributed by atoms with van der Waals surface area (Å²) in [7, 11) is 0. The predicted octanol–water partition coefficient (Wildman–Crippen LogP) is 1.39. The first-order valence-electron chi connectivity index (χ1n) is 5.47. The van der Waals surface area contributed by atoms with Crippen molar-refractivity contribution in [3.8, 4) is 0 Å². The van der Waals surface area contributed by atoms with Crippen molar-refractivity contribution in [1.29, 1.82) is 0 Å². The third kappa shape index (κ3) is 2.04. The number of hydrogen-bond donors (Lipinski definition) is 1. The molecule has 0 saturated carbocycles. The Labute approximate surface area is 103 Å². The van der Waals surface area contributed by atoms with Crippen LogP contribution in [-0.2, 0) is 4.79 Å². The van der Waals surface area contributed by atoms with E-state index in [0.29, 0.717) is 24.2 Å². The van der Waals surface area contributed by atoms with Gasteiger partial charge in [-0.2, -0.15) is 4.37 Å². The van der Waals surface area contributed by atoms with E-state index in [0.717, 1.165) is 0 Å². The first-order chi connectivity index (χ1) is 8.02. The largest absolute Gasteiger partial charge is 0.481 e. The molecule has 92 valence electrons. The minimum absolute atomic E-state index is 0.104.